The predicted molar refractivity (Wildman–Crippen MR) is 63.4 cm³/mol. The molecular formula is C14H20N. The van der Waals surface area contributed by atoms with Crippen LogP contribution in [-0.2, 0) is 5.54 Å². The normalized spacial score (nSPS) is 19.9. The number of rotatable bonds is 5. The minimum absolute atomic E-state index is 0.103. The van der Waals surface area contributed by atoms with Crippen molar-refractivity contribution in [2.24, 2.45) is 11.7 Å². The van der Waals surface area contributed by atoms with E-state index in [1.54, 1.807) is 0 Å². The van der Waals surface area contributed by atoms with Crippen LogP contribution in [0.4, 0.5) is 0 Å². The molecule has 1 heteroatoms. The van der Waals surface area contributed by atoms with Crippen molar-refractivity contribution < 1.29 is 0 Å². The van der Waals surface area contributed by atoms with Gasteiger partial charge in [-0.25, -0.2) is 0 Å². The largest absolute Gasteiger partial charge is 0.321 e. The summed E-state index contributed by atoms with van der Waals surface area (Å²) in [5, 5.41) is 0. The summed E-state index contributed by atoms with van der Waals surface area (Å²) >= 11 is 0. The fourth-order valence-corrected chi connectivity index (χ4v) is 2.35. The fraction of sp³-hybridized carbons (Fsp3) is 0.571. The van der Waals surface area contributed by atoms with E-state index in [-0.39, 0.29) is 5.54 Å². The Hall–Kier alpha value is -0.820. The average molecular weight is 202 g/mol. The van der Waals surface area contributed by atoms with Crippen molar-refractivity contribution in [2.45, 2.75) is 44.6 Å². The van der Waals surface area contributed by atoms with Crippen LogP contribution < -0.4 is 5.73 Å². The maximum absolute atomic E-state index is 6.55. The van der Waals surface area contributed by atoms with Crippen LogP contribution in [0.1, 0.15) is 44.6 Å². The van der Waals surface area contributed by atoms with Gasteiger partial charge in [-0.2, -0.15) is 0 Å². The van der Waals surface area contributed by atoms with Crippen LogP contribution in [0.5, 0.6) is 0 Å². The molecule has 1 atom stereocenters. The molecule has 0 aliphatic heterocycles. The van der Waals surface area contributed by atoms with Crippen LogP contribution in [0, 0.1) is 12.0 Å². The Kier molecular flexibility index (Phi) is 3.11. The zero-order valence-corrected chi connectivity index (χ0v) is 9.50. The molecular weight excluding hydrogens is 182 g/mol. The molecule has 0 spiro atoms. The third-order valence-corrected chi connectivity index (χ3v) is 3.33. The van der Waals surface area contributed by atoms with Gasteiger partial charge in [0.2, 0.25) is 0 Å². The van der Waals surface area contributed by atoms with Gasteiger partial charge in [-0.3, -0.25) is 0 Å². The predicted octanol–water partition coefficient (Wildman–Crippen LogP) is 3.24. The fourth-order valence-electron chi connectivity index (χ4n) is 2.35. The summed E-state index contributed by atoms with van der Waals surface area (Å²) in [6.07, 6.45) is 6.14. The molecule has 1 nitrogen and oxygen atoms in total. The molecule has 0 bridgehead atoms. The number of hydrogen-bond donors (Lipinski definition) is 1. The van der Waals surface area contributed by atoms with E-state index in [0.717, 1.165) is 25.2 Å². The van der Waals surface area contributed by atoms with Crippen molar-refractivity contribution in [3.63, 3.8) is 0 Å². The second kappa shape index (κ2) is 4.36. The summed E-state index contributed by atoms with van der Waals surface area (Å²) in [5.74, 6) is 0.877. The topological polar surface area (TPSA) is 26.0 Å². The van der Waals surface area contributed by atoms with E-state index in [0.29, 0.717) is 0 Å². The van der Waals surface area contributed by atoms with E-state index in [4.69, 9.17) is 5.73 Å². The molecule has 1 aromatic rings. The van der Waals surface area contributed by atoms with Gasteiger partial charge in [-0.1, -0.05) is 44.4 Å². The Morgan fingerprint density at radius 3 is 2.87 bits per heavy atom. The first-order valence-corrected chi connectivity index (χ1v) is 6.00. The minimum Gasteiger partial charge on any atom is -0.321 e. The van der Waals surface area contributed by atoms with Crippen LogP contribution in [-0.4, -0.2) is 0 Å². The van der Waals surface area contributed by atoms with Crippen LogP contribution in [0.2, 0.25) is 0 Å². The highest BCUT2D eigenvalue weighted by Crippen LogP contribution is 2.41. The Bertz CT molecular complexity index is 302. The first-order chi connectivity index (χ1) is 7.24. The van der Waals surface area contributed by atoms with Gasteiger partial charge in [0.15, 0.2) is 0 Å². The highest BCUT2D eigenvalue weighted by molar-refractivity contribution is 5.23. The smallest absolute Gasteiger partial charge is 0.0412 e. The van der Waals surface area contributed by atoms with E-state index in [2.05, 4.69) is 25.1 Å². The van der Waals surface area contributed by atoms with Crippen molar-refractivity contribution in [3.05, 3.63) is 35.9 Å². The van der Waals surface area contributed by atoms with Crippen LogP contribution >= 0.6 is 0 Å². The van der Waals surface area contributed by atoms with E-state index in [1.807, 2.05) is 12.1 Å². The van der Waals surface area contributed by atoms with Crippen LogP contribution in [0.3, 0.4) is 0 Å². The Morgan fingerprint density at radius 2 is 2.33 bits per heavy atom. The van der Waals surface area contributed by atoms with E-state index in [1.165, 1.54) is 18.4 Å². The van der Waals surface area contributed by atoms with E-state index < -0.39 is 0 Å². The molecule has 1 aromatic carbocycles. The van der Waals surface area contributed by atoms with E-state index in [9.17, 15) is 0 Å². The second-order valence-electron chi connectivity index (χ2n) is 4.85. The van der Waals surface area contributed by atoms with Crippen molar-refractivity contribution in [1.29, 1.82) is 0 Å². The quantitative estimate of drug-likeness (QED) is 0.779. The van der Waals surface area contributed by atoms with Gasteiger partial charge in [-0.15, -0.1) is 0 Å². The lowest BCUT2D eigenvalue weighted by Crippen LogP contribution is -2.37. The molecule has 1 fully saturated rings. The molecule has 2 rings (SSSR count). The van der Waals surface area contributed by atoms with Gasteiger partial charge in [0, 0.05) is 5.54 Å². The first-order valence-electron chi connectivity index (χ1n) is 6.00. The molecule has 0 aromatic heterocycles. The molecule has 81 valence electrons. The number of benzene rings is 1. The molecule has 1 saturated carbocycles. The number of nitrogens with two attached hydrogens (primary N) is 1. The summed E-state index contributed by atoms with van der Waals surface area (Å²) in [5.41, 5.74) is 7.71. The summed E-state index contributed by atoms with van der Waals surface area (Å²) in [4.78, 5) is 0. The Morgan fingerprint density at radius 1 is 1.53 bits per heavy atom. The van der Waals surface area contributed by atoms with Gasteiger partial charge in [-0.05, 0) is 36.5 Å². The molecule has 0 heterocycles. The SMILES string of the molecule is CCCC(N)(CC1CC1)c1c[c]ccc1. The Labute approximate surface area is 92.7 Å². The van der Waals surface area contributed by atoms with Crippen molar-refractivity contribution in [1.82, 2.24) is 0 Å². The third-order valence-electron chi connectivity index (χ3n) is 3.33. The second-order valence-corrected chi connectivity index (χ2v) is 4.85. The zero-order valence-electron chi connectivity index (χ0n) is 9.50. The highest BCUT2D eigenvalue weighted by Gasteiger charge is 2.34. The van der Waals surface area contributed by atoms with Crippen molar-refractivity contribution >= 4 is 0 Å². The monoisotopic (exact) mass is 202 g/mol. The minimum atomic E-state index is -0.103. The first kappa shape index (κ1) is 10.7. The standard InChI is InChI=1S/C14H20N/c1-2-10-14(15,11-12-8-9-12)13-6-4-3-5-7-13/h3-4,6-7,12H,2,8-11,15H2,1H3. The summed E-state index contributed by atoms with van der Waals surface area (Å²) in [6, 6.07) is 11.3. The molecule has 2 N–H and O–H groups in total. The van der Waals surface area contributed by atoms with Crippen molar-refractivity contribution in [2.75, 3.05) is 0 Å². The third kappa shape index (κ3) is 2.60. The molecule has 1 radical (unpaired) electrons. The van der Waals surface area contributed by atoms with Gasteiger partial charge >= 0.3 is 0 Å². The van der Waals surface area contributed by atoms with Crippen LogP contribution in [0.15, 0.2) is 24.3 Å². The Balaban J connectivity index is 2.16. The van der Waals surface area contributed by atoms with Gasteiger partial charge in [0.25, 0.3) is 0 Å². The molecule has 1 unspecified atom stereocenters. The van der Waals surface area contributed by atoms with Crippen LogP contribution in [0.25, 0.3) is 0 Å². The number of hydrogen-bond acceptors (Lipinski definition) is 1. The van der Waals surface area contributed by atoms with Gasteiger partial charge in [0.05, 0.1) is 0 Å². The molecule has 1 aliphatic carbocycles. The lowest BCUT2D eigenvalue weighted by Gasteiger charge is -2.30. The molecule has 15 heavy (non-hydrogen) atoms. The van der Waals surface area contributed by atoms with Crippen molar-refractivity contribution in [3.8, 4) is 0 Å². The maximum Gasteiger partial charge on any atom is 0.0412 e. The lowest BCUT2D eigenvalue weighted by molar-refractivity contribution is 0.353. The van der Waals surface area contributed by atoms with Gasteiger partial charge < -0.3 is 5.73 Å². The summed E-state index contributed by atoms with van der Waals surface area (Å²) < 4.78 is 0. The molecule has 1 aliphatic rings. The average Bonchev–Trinajstić information content (AvgIpc) is 3.03. The summed E-state index contributed by atoms with van der Waals surface area (Å²) in [7, 11) is 0. The molecule has 0 saturated heterocycles. The molecule has 0 amide bonds. The summed E-state index contributed by atoms with van der Waals surface area (Å²) in [6.45, 7) is 2.21. The zero-order chi connectivity index (χ0) is 10.7. The maximum atomic E-state index is 6.55. The van der Waals surface area contributed by atoms with E-state index >= 15 is 0 Å². The lowest BCUT2D eigenvalue weighted by atomic mass is 9.82. The highest BCUT2D eigenvalue weighted by atomic mass is 14.7. The van der Waals surface area contributed by atoms with Gasteiger partial charge in [0.1, 0.15) is 0 Å².